The minimum Gasteiger partial charge on any atom is -0.368 e. The van der Waals surface area contributed by atoms with Gasteiger partial charge in [0.25, 0.3) is 0 Å². The molecule has 19 heavy (non-hydrogen) atoms. The van der Waals surface area contributed by atoms with Crippen LogP contribution in [0.1, 0.15) is 17.2 Å². The first kappa shape index (κ1) is 13.7. The molecule has 0 radical (unpaired) electrons. The second kappa shape index (κ2) is 7.02. The molecule has 2 nitrogen and oxygen atoms in total. The number of likely N-dealkylation sites (N-methyl/N-ethyl adjacent to an activating group) is 1. The summed E-state index contributed by atoms with van der Waals surface area (Å²) in [7, 11) is 1.88. The number of nitrogens with one attached hydrogen (secondary N) is 1. The number of halogens is 1. The first-order valence-electron chi connectivity index (χ1n) is 6.35. The van der Waals surface area contributed by atoms with E-state index >= 15 is 0 Å². The number of rotatable bonds is 6. The van der Waals surface area contributed by atoms with Crippen LogP contribution < -0.4 is 5.32 Å². The number of benzene rings is 2. The lowest BCUT2D eigenvalue weighted by atomic mass is 10.1. The molecule has 1 atom stereocenters. The Kier molecular flexibility index (Phi) is 5.07. The van der Waals surface area contributed by atoms with E-state index in [4.69, 9.17) is 4.74 Å². The Labute approximate surface area is 113 Å². The van der Waals surface area contributed by atoms with Gasteiger partial charge in [-0.3, -0.25) is 0 Å². The monoisotopic (exact) mass is 259 g/mol. The van der Waals surface area contributed by atoms with Gasteiger partial charge in [0.15, 0.2) is 0 Å². The molecule has 0 saturated carbocycles. The van der Waals surface area contributed by atoms with E-state index in [1.54, 1.807) is 12.1 Å². The summed E-state index contributed by atoms with van der Waals surface area (Å²) in [5.74, 6) is -0.227. The van der Waals surface area contributed by atoms with Gasteiger partial charge in [-0.25, -0.2) is 4.39 Å². The normalized spacial score (nSPS) is 12.3. The van der Waals surface area contributed by atoms with Crippen LogP contribution in [0.3, 0.4) is 0 Å². The van der Waals surface area contributed by atoms with E-state index in [2.05, 4.69) is 5.32 Å². The lowest BCUT2D eigenvalue weighted by Crippen LogP contribution is -2.19. The van der Waals surface area contributed by atoms with E-state index in [0.717, 1.165) is 11.1 Å². The molecule has 100 valence electrons. The van der Waals surface area contributed by atoms with E-state index in [1.165, 1.54) is 12.1 Å². The smallest absolute Gasteiger partial charge is 0.123 e. The summed E-state index contributed by atoms with van der Waals surface area (Å²) in [5.41, 5.74) is 2.11. The SMILES string of the molecule is CNCC(OCc1ccccc1)c1ccc(F)cc1. The first-order chi connectivity index (χ1) is 9.29. The van der Waals surface area contributed by atoms with Crippen LogP contribution in [-0.2, 0) is 11.3 Å². The van der Waals surface area contributed by atoms with Gasteiger partial charge in [0.2, 0.25) is 0 Å². The second-order valence-corrected chi connectivity index (χ2v) is 4.39. The van der Waals surface area contributed by atoms with Gasteiger partial charge in [-0.2, -0.15) is 0 Å². The largest absolute Gasteiger partial charge is 0.368 e. The molecule has 0 bridgehead atoms. The molecule has 1 unspecified atom stereocenters. The van der Waals surface area contributed by atoms with Crippen molar-refractivity contribution in [2.75, 3.05) is 13.6 Å². The quantitative estimate of drug-likeness (QED) is 0.859. The minimum atomic E-state index is -0.227. The van der Waals surface area contributed by atoms with Crippen LogP contribution in [0.15, 0.2) is 54.6 Å². The van der Waals surface area contributed by atoms with E-state index in [9.17, 15) is 4.39 Å². The summed E-state index contributed by atoms with van der Waals surface area (Å²) < 4.78 is 18.8. The summed E-state index contributed by atoms with van der Waals surface area (Å²) in [6, 6.07) is 16.5. The standard InChI is InChI=1S/C16H18FNO/c1-18-11-16(14-7-9-15(17)10-8-14)19-12-13-5-3-2-4-6-13/h2-10,16,18H,11-12H2,1H3. The minimum absolute atomic E-state index is 0.0780. The third-order valence-electron chi connectivity index (χ3n) is 2.93. The predicted molar refractivity (Wildman–Crippen MR) is 74.3 cm³/mol. The topological polar surface area (TPSA) is 21.3 Å². The first-order valence-corrected chi connectivity index (χ1v) is 6.35. The molecule has 0 heterocycles. The molecule has 0 fully saturated rings. The average molecular weight is 259 g/mol. The predicted octanol–water partition coefficient (Wildman–Crippen LogP) is 3.30. The number of hydrogen-bond acceptors (Lipinski definition) is 2. The average Bonchev–Trinajstić information content (AvgIpc) is 2.46. The maximum atomic E-state index is 12.9. The second-order valence-electron chi connectivity index (χ2n) is 4.39. The molecule has 0 spiro atoms. The van der Waals surface area contributed by atoms with Crippen molar-refractivity contribution in [3.8, 4) is 0 Å². The molecule has 0 aliphatic heterocycles. The van der Waals surface area contributed by atoms with Gasteiger partial charge >= 0.3 is 0 Å². The molecule has 2 aromatic rings. The molecule has 1 N–H and O–H groups in total. The highest BCUT2D eigenvalue weighted by Gasteiger charge is 2.11. The molecule has 2 aromatic carbocycles. The highest BCUT2D eigenvalue weighted by atomic mass is 19.1. The number of ether oxygens (including phenoxy) is 1. The molecular formula is C16H18FNO. The molecule has 3 heteroatoms. The zero-order valence-electron chi connectivity index (χ0n) is 11.0. The maximum absolute atomic E-state index is 12.9. The van der Waals surface area contributed by atoms with Gasteiger partial charge in [-0.1, -0.05) is 42.5 Å². The molecule has 0 amide bonds. The lowest BCUT2D eigenvalue weighted by Gasteiger charge is -2.18. The Morgan fingerprint density at radius 3 is 2.37 bits per heavy atom. The Morgan fingerprint density at radius 2 is 1.74 bits per heavy atom. The summed E-state index contributed by atoms with van der Waals surface area (Å²) in [5, 5.41) is 3.10. The third-order valence-corrected chi connectivity index (χ3v) is 2.93. The Morgan fingerprint density at radius 1 is 1.05 bits per heavy atom. The molecule has 0 aliphatic rings. The summed E-state index contributed by atoms with van der Waals surface area (Å²) >= 11 is 0. The van der Waals surface area contributed by atoms with Crippen molar-refractivity contribution in [1.29, 1.82) is 0 Å². The molecular weight excluding hydrogens is 241 g/mol. The van der Waals surface area contributed by atoms with Crippen LogP contribution in [0.4, 0.5) is 4.39 Å². The summed E-state index contributed by atoms with van der Waals surface area (Å²) in [6.07, 6.45) is -0.0780. The van der Waals surface area contributed by atoms with Crippen molar-refractivity contribution >= 4 is 0 Å². The summed E-state index contributed by atoms with van der Waals surface area (Å²) in [4.78, 5) is 0. The third kappa shape index (κ3) is 4.16. The fourth-order valence-electron chi connectivity index (χ4n) is 1.91. The van der Waals surface area contributed by atoms with Crippen LogP contribution in [0.5, 0.6) is 0 Å². The fraction of sp³-hybridized carbons (Fsp3) is 0.250. The van der Waals surface area contributed by atoms with Crippen molar-refractivity contribution in [3.63, 3.8) is 0 Å². The van der Waals surface area contributed by atoms with Gasteiger partial charge < -0.3 is 10.1 Å². The van der Waals surface area contributed by atoms with Crippen LogP contribution in [0.25, 0.3) is 0 Å². The molecule has 0 saturated heterocycles. The van der Waals surface area contributed by atoms with Gasteiger partial charge in [-0.05, 0) is 30.3 Å². The van der Waals surface area contributed by atoms with E-state index in [-0.39, 0.29) is 11.9 Å². The van der Waals surface area contributed by atoms with E-state index in [1.807, 2.05) is 37.4 Å². The highest BCUT2D eigenvalue weighted by molar-refractivity contribution is 5.19. The van der Waals surface area contributed by atoms with Gasteiger partial charge in [-0.15, -0.1) is 0 Å². The molecule has 0 aromatic heterocycles. The Hall–Kier alpha value is -1.71. The summed E-state index contributed by atoms with van der Waals surface area (Å²) in [6.45, 7) is 1.24. The van der Waals surface area contributed by atoms with Gasteiger partial charge in [0.1, 0.15) is 5.82 Å². The zero-order chi connectivity index (χ0) is 13.5. The Bertz CT molecular complexity index is 484. The Balaban J connectivity index is 2.02. The zero-order valence-corrected chi connectivity index (χ0v) is 11.0. The van der Waals surface area contributed by atoms with Gasteiger partial charge in [0, 0.05) is 6.54 Å². The highest BCUT2D eigenvalue weighted by Crippen LogP contribution is 2.19. The maximum Gasteiger partial charge on any atom is 0.123 e. The van der Waals surface area contributed by atoms with Crippen molar-refractivity contribution in [1.82, 2.24) is 5.32 Å². The van der Waals surface area contributed by atoms with E-state index in [0.29, 0.717) is 13.2 Å². The van der Waals surface area contributed by atoms with Crippen LogP contribution >= 0.6 is 0 Å². The molecule has 2 rings (SSSR count). The number of hydrogen-bond donors (Lipinski definition) is 1. The lowest BCUT2D eigenvalue weighted by molar-refractivity contribution is 0.0410. The van der Waals surface area contributed by atoms with Crippen LogP contribution in [0, 0.1) is 5.82 Å². The van der Waals surface area contributed by atoms with Gasteiger partial charge in [0.05, 0.1) is 12.7 Å². The van der Waals surface area contributed by atoms with Crippen LogP contribution in [-0.4, -0.2) is 13.6 Å². The van der Waals surface area contributed by atoms with Crippen molar-refractivity contribution in [2.45, 2.75) is 12.7 Å². The fourth-order valence-corrected chi connectivity index (χ4v) is 1.91. The van der Waals surface area contributed by atoms with Crippen molar-refractivity contribution in [2.24, 2.45) is 0 Å². The van der Waals surface area contributed by atoms with Crippen molar-refractivity contribution < 1.29 is 9.13 Å². The van der Waals surface area contributed by atoms with Crippen molar-refractivity contribution in [3.05, 3.63) is 71.5 Å². The molecule has 0 aliphatic carbocycles. The van der Waals surface area contributed by atoms with E-state index < -0.39 is 0 Å². The van der Waals surface area contributed by atoms with Crippen LogP contribution in [0.2, 0.25) is 0 Å².